The zero-order valence-electron chi connectivity index (χ0n) is 9.97. The number of esters is 1. The average molecular weight is 369 g/mol. The minimum Gasteiger partial charge on any atom is -0.419 e. The van der Waals surface area contributed by atoms with Crippen molar-refractivity contribution in [1.82, 2.24) is 4.98 Å². The normalized spacial score (nSPS) is 10.7. The molecule has 0 N–H and O–H groups in total. The smallest absolute Gasteiger partial charge is 0.344 e. The third-order valence-corrected chi connectivity index (χ3v) is 4.29. The van der Waals surface area contributed by atoms with Gasteiger partial charge in [0.05, 0.1) is 15.1 Å². The molecule has 0 fully saturated rings. The van der Waals surface area contributed by atoms with Crippen molar-refractivity contribution in [3.63, 3.8) is 0 Å². The molecule has 0 aliphatic carbocycles. The van der Waals surface area contributed by atoms with Gasteiger partial charge in [-0.1, -0.05) is 11.6 Å². The lowest BCUT2D eigenvalue weighted by Gasteiger charge is -2.09. The van der Waals surface area contributed by atoms with Gasteiger partial charge in [-0.15, -0.1) is 0 Å². The number of hydrogen-bond acceptors (Lipinski definition) is 4. The fourth-order valence-electron chi connectivity index (χ4n) is 1.78. The summed E-state index contributed by atoms with van der Waals surface area (Å²) in [7, 11) is 0. The number of benzene rings is 1. The second-order valence-electron chi connectivity index (χ2n) is 3.97. The summed E-state index contributed by atoms with van der Waals surface area (Å²) in [6.45, 7) is 0. The van der Waals surface area contributed by atoms with Crippen LogP contribution in [0.15, 0.2) is 45.7 Å². The number of ether oxygens (including phenoxy) is 1. The van der Waals surface area contributed by atoms with Crippen LogP contribution in [0.2, 0.25) is 5.02 Å². The maximum atomic E-state index is 12.1. The molecule has 0 atom stereocenters. The number of fused-ring (bicyclic) bond motifs is 1. The summed E-state index contributed by atoms with van der Waals surface area (Å²) < 4.78 is 6.05. The Kier molecular flexibility index (Phi) is 3.74. The minimum absolute atomic E-state index is 0.376. The molecule has 20 heavy (non-hydrogen) atoms. The van der Waals surface area contributed by atoms with E-state index in [0.717, 1.165) is 5.39 Å². The first-order chi connectivity index (χ1) is 9.66. The first-order valence-electron chi connectivity index (χ1n) is 5.64. The quantitative estimate of drug-likeness (QED) is 0.475. The number of thiophene rings is 1. The first-order valence-corrected chi connectivity index (χ1v) is 7.75. The summed E-state index contributed by atoms with van der Waals surface area (Å²) in [5.74, 6) is -0.0394. The van der Waals surface area contributed by atoms with E-state index in [9.17, 15) is 4.79 Å². The molecule has 0 saturated heterocycles. The Morgan fingerprint density at radius 1 is 1.40 bits per heavy atom. The first kappa shape index (κ1) is 13.5. The molecule has 0 spiro atoms. The number of rotatable bonds is 2. The average Bonchev–Trinajstić information content (AvgIpc) is 2.97. The second-order valence-corrected chi connectivity index (χ2v) is 6.01. The number of pyridine rings is 1. The van der Waals surface area contributed by atoms with Crippen LogP contribution in [0.1, 0.15) is 10.4 Å². The van der Waals surface area contributed by atoms with Gasteiger partial charge in [-0.3, -0.25) is 4.98 Å². The molecule has 3 nitrogen and oxygen atoms in total. The maximum absolute atomic E-state index is 12.1. The second kappa shape index (κ2) is 5.52. The lowest BCUT2D eigenvalue weighted by atomic mass is 10.2. The monoisotopic (exact) mass is 367 g/mol. The van der Waals surface area contributed by atoms with Crippen molar-refractivity contribution in [2.75, 3.05) is 0 Å². The zero-order chi connectivity index (χ0) is 14.1. The number of carbonyl (C=O) groups excluding carboxylic acids is 1. The van der Waals surface area contributed by atoms with Gasteiger partial charge in [0.25, 0.3) is 0 Å². The van der Waals surface area contributed by atoms with Crippen LogP contribution < -0.4 is 4.74 Å². The van der Waals surface area contributed by atoms with Crippen LogP contribution >= 0.6 is 38.9 Å². The van der Waals surface area contributed by atoms with Crippen LogP contribution in [0.3, 0.4) is 0 Å². The number of nitrogens with zero attached hydrogens (tertiary/aromatic N) is 1. The van der Waals surface area contributed by atoms with Gasteiger partial charge in [0.15, 0.2) is 5.75 Å². The summed E-state index contributed by atoms with van der Waals surface area (Å²) in [4.78, 5) is 16.3. The molecule has 3 rings (SSSR count). The summed E-state index contributed by atoms with van der Waals surface area (Å²) in [5, 5.41) is 4.85. The van der Waals surface area contributed by atoms with Gasteiger partial charge in [-0.25, -0.2) is 4.79 Å². The third kappa shape index (κ3) is 2.44. The van der Waals surface area contributed by atoms with Gasteiger partial charge in [-0.2, -0.15) is 11.3 Å². The molecule has 0 radical (unpaired) electrons. The molecule has 0 saturated carbocycles. The van der Waals surface area contributed by atoms with E-state index in [1.165, 1.54) is 11.3 Å². The summed E-state index contributed by atoms with van der Waals surface area (Å²) in [6.07, 6.45) is 1.63. The number of carbonyl (C=O) groups is 1. The Hall–Kier alpha value is -1.43. The van der Waals surface area contributed by atoms with Crippen molar-refractivity contribution >= 4 is 55.7 Å². The van der Waals surface area contributed by atoms with Gasteiger partial charge >= 0.3 is 5.97 Å². The van der Waals surface area contributed by atoms with Crippen LogP contribution in [0.25, 0.3) is 10.9 Å². The number of aromatic nitrogens is 1. The van der Waals surface area contributed by atoms with Crippen LogP contribution in [-0.2, 0) is 0 Å². The largest absolute Gasteiger partial charge is 0.419 e. The molecule has 2 aromatic heterocycles. The highest BCUT2D eigenvalue weighted by Gasteiger charge is 2.16. The summed E-state index contributed by atoms with van der Waals surface area (Å²) >= 11 is 11.0. The maximum Gasteiger partial charge on any atom is 0.344 e. The van der Waals surface area contributed by atoms with Crippen LogP contribution in [-0.4, -0.2) is 11.0 Å². The SMILES string of the molecule is O=C(Oc1c(Br)cc(Cl)c2cccnc12)c1ccsc1. The molecular formula is C14H7BrClNO2S. The molecule has 0 amide bonds. The fourth-order valence-corrected chi connectivity index (χ4v) is 3.29. The zero-order valence-corrected chi connectivity index (χ0v) is 13.1. The van der Waals surface area contributed by atoms with Crippen molar-refractivity contribution in [3.8, 4) is 5.75 Å². The molecule has 1 aromatic carbocycles. The molecule has 100 valence electrons. The molecule has 0 aliphatic heterocycles. The Labute approximate surface area is 132 Å². The van der Waals surface area contributed by atoms with Crippen molar-refractivity contribution in [3.05, 3.63) is 56.3 Å². The summed E-state index contributed by atoms with van der Waals surface area (Å²) in [6, 6.07) is 7.03. The van der Waals surface area contributed by atoms with Crippen LogP contribution in [0, 0.1) is 0 Å². The van der Waals surface area contributed by atoms with E-state index in [2.05, 4.69) is 20.9 Å². The molecule has 0 aliphatic rings. The highest BCUT2D eigenvalue weighted by atomic mass is 79.9. The van der Waals surface area contributed by atoms with E-state index in [-0.39, 0.29) is 0 Å². The standard InChI is InChI=1S/C14H7BrClNO2S/c15-10-6-11(16)9-2-1-4-17-12(9)13(10)19-14(18)8-3-5-20-7-8/h1-7H. The molecule has 3 aromatic rings. The molecule has 2 heterocycles. The lowest BCUT2D eigenvalue weighted by molar-refractivity contribution is 0.0736. The minimum atomic E-state index is -0.416. The Bertz CT molecular complexity index is 789. The highest BCUT2D eigenvalue weighted by Crippen LogP contribution is 2.37. The number of hydrogen-bond donors (Lipinski definition) is 0. The number of halogens is 2. The Balaban J connectivity index is 2.10. The van der Waals surface area contributed by atoms with Crippen LogP contribution in [0.5, 0.6) is 5.75 Å². The predicted octanol–water partition coefficient (Wildman–Crippen LogP) is 4.93. The predicted molar refractivity (Wildman–Crippen MR) is 83.7 cm³/mol. The van der Waals surface area contributed by atoms with Crippen molar-refractivity contribution in [2.24, 2.45) is 0 Å². The van der Waals surface area contributed by atoms with Gasteiger partial charge in [-0.05, 0) is 45.6 Å². The Morgan fingerprint density at radius 3 is 3.00 bits per heavy atom. The van der Waals surface area contributed by atoms with E-state index in [0.29, 0.717) is 26.3 Å². The van der Waals surface area contributed by atoms with Crippen molar-refractivity contribution in [1.29, 1.82) is 0 Å². The molecule has 0 bridgehead atoms. The molecule has 6 heteroatoms. The van der Waals surface area contributed by atoms with Crippen molar-refractivity contribution in [2.45, 2.75) is 0 Å². The highest BCUT2D eigenvalue weighted by molar-refractivity contribution is 9.10. The van der Waals surface area contributed by atoms with E-state index in [1.807, 2.05) is 11.4 Å². The molecule has 0 unspecified atom stereocenters. The summed E-state index contributed by atoms with van der Waals surface area (Å²) in [5.41, 5.74) is 1.07. The molecular weight excluding hydrogens is 362 g/mol. The van der Waals surface area contributed by atoms with Gasteiger partial charge in [0, 0.05) is 17.0 Å². The van der Waals surface area contributed by atoms with E-state index in [1.54, 1.807) is 29.8 Å². The van der Waals surface area contributed by atoms with Crippen LogP contribution in [0.4, 0.5) is 0 Å². The van der Waals surface area contributed by atoms with E-state index in [4.69, 9.17) is 16.3 Å². The topological polar surface area (TPSA) is 39.2 Å². The van der Waals surface area contributed by atoms with E-state index >= 15 is 0 Å². The fraction of sp³-hybridized carbons (Fsp3) is 0. The Morgan fingerprint density at radius 2 is 2.25 bits per heavy atom. The van der Waals surface area contributed by atoms with Gasteiger partial charge in [0.1, 0.15) is 5.52 Å². The van der Waals surface area contributed by atoms with Crippen molar-refractivity contribution < 1.29 is 9.53 Å². The van der Waals surface area contributed by atoms with Gasteiger partial charge in [0.2, 0.25) is 0 Å². The van der Waals surface area contributed by atoms with Gasteiger partial charge < -0.3 is 4.74 Å². The lowest BCUT2D eigenvalue weighted by Crippen LogP contribution is -2.08. The third-order valence-electron chi connectivity index (χ3n) is 2.70. The van der Waals surface area contributed by atoms with E-state index < -0.39 is 5.97 Å².